The molecule has 3 nitrogen and oxygen atoms in total. The predicted octanol–water partition coefficient (Wildman–Crippen LogP) is 3.79. The minimum Gasteiger partial charge on any atom is -0.342 e. The van der Waals surface area contributed by atoms with Gasteiger partial charge in [0.1, 0.15) is 5.82 Å². The highest BCUT2D eigenvalue weighted by atomic mass is 15.1. The molecule has 2 aromatic rings. The lowest BCUT2D eigenvalue weighted by molar-refractivity contribution is 0.200. The van der Waals surface area contributed by atoms with Crippen molar-refractivity contribution in [3.63, 3.8) is 0 Å². The topological polar surface area (TPSA) is 31.9 Å². The van der Waals surface area contributed by atoms with Crippen LogP contribution in [0.5, 0.6) is 0 Å². The average molecular weight is 271 g/mol. The molecule has 0 spiro atoms. The van der Waals surface area contributed by atoms with E-state index in [0.717, 1.165) is 11.4 Å². The smallest absolute Gasteiger partial charge is 0.110 e. The molecule has 1 aromatic carbocycles. The minimum atomic E-state index is 0.609. The van der Waals surface area contributed by atoms with E-state index in [2.05, 4.69) is 48.0 Å². The summed E-state index contributed by atoms with van der Waals surface area (Å²) in [7, 11) is 0. The lowest BCUT2D eigenvalue weighted by atomic mass is 9.95. The highest BCUT2D eigenvalue weighted by Gasteiger charge is 2.22. The molecule has 0 radical (unpaired) electrons. The van der Waals surface area contributed by atoms with Crippen molar-refractivity contribution in [1.82, 2.24) is 14.9 Å². The summed E-state index contributed by atoms with van der Waals surface area (Å²) in [5.74, 6) is 2.61. The Hall–Kier alpha value is -1.35. The summed E-state index contributed by atoms with van der Waals surface area (Å²) in [6.45, 7) is 8.30. The quantitative estimate of drug-likeness (QED) is 0.917. The monoisotopic (exact) mass is 271 g/mol. The number of hydrogen-bond donors (Lipinski definition) is 1. The molecule has 0 aliphatic carbocycles. The molecule has 3 rings (SSSR count). The van der Waals surface area contributed by atoms with Gasteiger partial charge in [-0.05, 0) is 56.9 Å². The van der Waals surface area contributed by atoms with Crippen LogP contribution in [0.3, 0.4) is 0 Å². The summed E-state index contributed by atoms with van der Waals surface area (Å²) < 4.78 is 0. The molecule has 20 heavy (non-hydrogen) atoms. The first-order valence-electron chi connectivity index (χ1n) is 7.89. The van der Waals surface area contributed by atoms with E-state index in [-0.39, 0.29) is 0 Å². The highest BCUT2D eigenvalue weighted by Crippen LogP contribution is 2.27. The fraction of sp³-hybridized carbons (Fsp3) is 0.588. The zero-order valence-electron chi connectivity index (χ0n) is 12.6. The molecule has 0 amide bonds. The molecule has 1 fully saturated rings. The number of nitrogens with zero attached hydrogens (tertiary/aromatic N) is 2. The van der Waals surface area contributed by atoms with E-state index in [1.54, 1.807) is 0 Å². The van der Waals surface area contributed by atoms with E-state index in [0.29, 0.717) is 5.92 Å². The number of fused-ring (bicyclic) bond motifs is 1. The van der Waals surface area contributed by atoms with Gasteiger partial charge in [0.2, 0.25) is 0 Å². The number of hydrogen-bond acceptors (Lipinski definition) is 2. The van der Waals surface area contributed by atoms with Crippen molar-refractivity contribution in [2.75, 3.05) is 19.6 Å². The molecule has 1 aliphatic heterocycles. The van der Waals surface area contributed by atoms with Gasteiger partial charge in [-0.15, -0.1) is 0 Å². The Kier molecular flexibility index (Phi) is 4.06. The second-order valence-electron chi connectivity index (χ2n) is 6.44. The van der Waals surface area contributed by atoms with E-state index in [1.807, 2.05) is 0 Å². The van der Waals surface area contributed by atoms with Gasteiger partial charge in [0.25, 0.3) is 0 Å². The third-order valence-corrected chi connectivity index (χ3v) is 4.40. The number of nitrogens with one attached hydrogen (secondary N) is 1. The van der Waals surface area contributed by atoms with Crippen LogP contribution in [0.25, 0.3) is 11.0 Å². The second kappa shape index (κ2) is 5.96. The van der Waals surface area contributed by atoms with Crippen LogP contribution in [-0.4, -0.2) is 34.5 Å². The maximum Gasteiger partial charge on any atom is 0.110 e. The number of aromatic amines is 1. The molecule has 1 aromatic heterocycles. The van der Waals surface area contributed by atoms with Crippen molar-refractivity contribution in [2.45, 2.75) is 39.0 Å². The molecule has 0 atom stereocenters. The zero-order chi connectivity index (χ0) is 13.9. The number of piperidine rings is 1. The molecule has 1 N–H and O–H groups in total. The largest absolute Gasteiger partial charge is 0.342 e. The highest BCUT2D eigenvalue weighted by molar-refractivity contribution is 5.74. The number of benzene rings is 1. The fourth-order valence-electron chi connectivity index (χ4n) is 3.04. The Morgan fingerprint density at radius 1 is 1.25 bits per heavy atom. The Labute approximate surface area is 121 Å². The Bertz CT molecular complexity index is 517. The van der Waals surface area contributed by atoms with Gasteiger partial charge in [-0.1, -0.05) is 26.0 Å². The SMILES string of the molecule is CC(C)CCN1CCC(c2nc3ccccc3[nH]2)CC1. The lowest BCUT2D eigenvalue weighted by Gasteiger charge is -2.31. The number of imidazole rings is 1. The van der Waals surface area contributed by atoms with Crippen LogP contribution in [0.1, 0.15) is 44.9 Å². The van der Waals surface area contributed by atoms with Gasteiger partial charge in [-0.3, -0.25) is 0 Å². The Morgan fingerprint density at radius 2 is 2.00 bits per heavy atom. The summed E-state index contributed by atoms with van der Waals surface area (Å²) in [5.41, 5.74) is 2.27. The summed E-state index contributed by atoms with van der Waals surface area (Å²) in [4.78, 5) is 10.9. The molecular weight excluding hydrogens is 246 g/mol. The van der Waals surface area contributed by atoms with Crippen LogP contribution < -0.4 is 0 Å². The predicted molar refractivity (Wildman–Crippen MR) is 84.0 cm³/mol. The van der Waals surface area contributed by atoms with Crippen LogP contribution in [0.4, 0.5) is 0 Å². The molecular formula is C17H25N3. The van der Waals surface area contributed by atoms with Crippen LogP contribution in [-0.2, 0) is 0 Å². The molecule has 0 saturated carbocycles. The van der Waals surface area contributed by atoms with Crippen LogP contribution >= 0.6 is 0 Å². The maximum atomic E-state index is 4.76. The summed E-state index contributed by atoms with van der Waals surface area (Å²) in [6, 6.07) is 8.33. The summed E-state index contributed by atoms with van der Waals surface area (Å²) in [5, 5.41) is 0. The van der Waals surface area contributed by atoms with E-state index < -0.39 is 0 Å². The van der Waals surface area contributed by atoms with Gasteiger partial charge >= 0.3 is 0 Å². The minimum absolute atomic E-state index is 0.609. The summed E-state index contributed by atoms with van der Waals surface area (Å²) in [6.07, 6.45) is 3.78. The van der Waals surface area contributed by atoms with Crippen molar-refractivity contribution < 1.29 is 0 Å². The molecule has 2 heterocycles. The Balaban J connectivity index is 1.60. The second-order valence-corrected chi connectivity index (χ2v) is 6.44. The Morgan fingerprint density at radius 3 is 2.70 bits per heavy atom. The average Bonchev–Trinajstić information content (AvgIpc) is 2.89. The third-order valence-electron chi connectivity index (χ3n) is 4.40. The molecule has 1 saturated heterocycles. The van der Waals surface area contributed by atoms with Gasteiger partial charge < -0.3 is 9.88 Å². The first kappa shape index (κ1) is 13.6. The van der Waals surface area contributed by atoms with Crippen molar-refractivity contribution >= 4 is 11.0 Å². The fourth-order valence-corrected chi connectivity index (χ4v) is 3.04. The van der Waals surface area contributed by atoms with Crippen molar-refractivity contribution in [2.24, 2.45) is 5.92 Å². The van der Waals surface area contributed by atoms with Gasteiger partial charge in [0.15, 0.2) is 0 Å². The van der Waals surface area contributed by atoms with Crippen molar-refractivity contribution in [3.8, 4) is 0 Å². The summed E-state index contributed by atoms with van der Waals surface area (Å²) >= 11 is 0. The molecule has 1 aliphatic rings. The normalized spacial score (nSPS) is 18.1. The van der Waals surface area contributed by atoms with Crippen molar-refractivity contribution in [3.05, 3.63) is 30.1 Å². The zero-order valence-corrected chi connectivity index (χ0v) is 12.6. The van der Waals surface area contributed by atoms with Gasteiger partial charge in [-0.2, -0.15) is 0 Å². The number of para-hydroxylation sites is 2. The molecule has 108 valence electrons. The maximum absolute atomic E-state index is 4.76. The van der Waals surface area contributed by atoms with Gasteiger partial charge in [0, 0.05) is 5.92 Å². The number of likely N-dealkylation sites (tertiary alicyclic amines) is 1. The van der Waals surface area contributed by atoms with Crippen LogP contribution in [0, 0.1) is 5.92 Å². The molecule has 0 bridgehead atoms. The van der Waals surface area contributed by atoms with E-state index in [4.69, 9.17) is 4.98 Å². The first-order valence-corrected chi connectivity index (χ1v) is 7.89. The van der Waals surface area contributed by atoms with Gasteiger partial charge in [-0.25, -0.2) is 4.98 Å². The molecule has 3 heteroatoms. The van der Waals surface area contributed by atoms with Crippen molar-refractivity contribution in [1.29, 1.82) is 0 Å². The number of H-pyrrole nitrogens is 1. The van der Waals surface area contributed by atoms with E-state index in [9.17, 15) is 0 Å². The third kappa shape index (κ3) is 3.04. The van der Waals surface area contributed by atoms with E-state index >= 15 is 0 Å². The van der Waals surface area contributed by atoms with E-state index in [1.165, 1.54) is 50.2 Å². The van der Waals surface area contributed by atoms with Gasteiger partial charge in [0.05, 0.1) is 11.0 Å². The number of rotatable bonds is 4. The lowest BCUT2D eigenvalue weighted by Crippen LogP contribution is -2.34. The first-order chi connectivity index (χ1) is 9.72. The molecule has 0 unspecified atom stereocenters. The van der Waals surface area contributed by atoms with Crippen LogP contribution in [0.15, 0.2) is 24.3 Å². The van der Waals surface area contributed by atoms with Crippen LogP contribution in [0.2, 0.25) is 0 Å². The standard InChI is InChI=1S/C17H25N3/c1-13(2)7-10-20-11-8-14(9-12-20)17-18-15-5-3-4-6-16(15)19-17/h3-6,13-14H,7-12H2,1-2H3,(H,18,19). The number of aromatic nitrogens is 2.